The van der Waals surface area contributed by atoms with E-state index in [1.165, 1.54) is 0 Å². The van der Waals surface area contributed by atoms with E-state index < -0.39 is 0 Å². The van der Waals surface area contributed by atoms with Crippen molar-refractivity contribution in [1.82, 2.24) is 0 Å². The first kappa shape index (κ1) is 15.7. The summed E-state index contributed by atoms with van der Waals surface area (Å²) in [5.41, 5.74) is 2.72. The van der Waals surface area contributed by atoms with E-state index in [2.05, 4.69) is 5.32 Å². The Morgan fingerprint density at radius 3 is 2.47 bits per heavy atom. The Kier molecular flexibility index (Phi) is 6.06. The van der Waals surface area contributed by atoms with E-state index >= 15 is 0 Å². The highest BCUT2D eigenvalue weighted by molar-refractivity contribution is 6.30. The molecule has 0 atom stereocenters. The van der Waals surface area contributed by atoms with Gasteiger partial charge in [0.25, 0.3) is 0 Å². The van der Waals surface area contributed by atoms with Crippen LogP contribution < -0.4 is 22.3 Å². The molecule has 1 N–H and O–H groups in total. The van der Waals surface area contributed by atoms with Gasteiger partial charge in [-0.3, -0.25) is 4.79 Å². The van der Waals surface area contributed by atoms with Crippen molar-refractivity contribution in [2.75, 3.05) is 11.9 Å². The Labute approximate surface area is 128 Å². The molecule has 2 aromatic rings. The number of carbonyl (C=O) groups is 1. The molecule has 0 saturated carbocycles. The number of hydrogen-bond donors (Lipinski definition) is 1. The molecule has 0 aromatic heterocycles. The van der Waals surface area contributed by atoms with Crippen LogP contribution in [-0.4, -0.2) is 12.3 Å². The average Bonchev–Trinajstić information content (AvgIpc) is 2.37. The van der Waals surface area contributed by atoms with Gasteiger partial charge in [0.1, 0.15) is 0 Å². The zero-order chi connectivity index (χ0) is 13.0. The van der Waals surface area contributed by atoms with Crippen molar-refractivity contribution in [1.29, 1.82) is 0 Å². The van der Waals surface area contributed by atoms with Crippen molar-refractivity contribution in [2.24, 2.45) is 0 Å². The molecule has 2 nitrogen and oxygen atoms in total. The SMILES string of the molecule is Cc1ccc(C(=O)CNc2cccc(Cl)c2)cc1.[Br-]. The molecule has 0 heterocycles. The third-order valence-corrected chi connectivity index (χ3v) is 2.89. The molecule has 0 spiro atoms. The molecule has 2 aromatic carbocycles. The van der Waals surface area contributed by atoms with Gasteiger partial charge in [0.05, 0.1) is 6.54 Å². The standard InChI is InChI=1S/C15H14ClNO.BrH/c1-11-5-7-12(8-6-11)15(18)10-17-14-4-2-3-13(16)9-14;/h2-9,17H,10H2,1H3;1H/p-1. The van der Waals surface area contributed by atoms with Crippen molar-refractivity contribution >= 4 is 23.1 Å². The number of Topliss-reactive ketones (excluding diaryl/α,β-unsaturated/α-hetero) is 1. The Morgan fingerprint density at radius 1 is 1.16 bits per heavy atom. The lowest BCUT2D eigenvalue weighted by molar-refractivity contribution is -0.0000113. The number of ketones is 1. The molecule has 0 aliphatic carbocycles. The van der Waals surface area contributed by atoms with Gasteiger partial charge in [-0.1, -0.05) is 47.5 Å². The molecule has 0 saturated heterocycles. The molecule has 19 heavy (non-hydrogen) atoms. The minimum absolute atomic E-state index is 0. The van der Waals surface area contributed by atoms with E-state index in [0.717, 1.165) is 16.8 Å². The van der Waals surface area contributed by atoms with Crippen LogP contribution in [-0.2, 0) is 0 Å². The number of anilines is 1. The van der Waals surface area contributed by atoms with Crippen LogP contribution in [0.2, 0.25) is 5.02 Å². The largest absolute Gasteiger partial charge is 1.00 e. The molecule has 4 heteroatoms. The Morgan fingerprint density at radius 2 is 1.84 bits per heavy atom. The molecular weight excluding hydrogens is 326 g/mol. The first-order valence-electron chi connectivity index (χ1n) is 5.74. The van der Waals surface area contributed by atoms with Crippen LogP contribution in [0.5, 0.6) is 0 Å². The van der Waals surface area contributed by atoms with Gasteiger partial charge in [-0.15, -0.1) is 0 Å². The summed E-state index contributed by atoms with van der Waals surface area (Å²) < 4.78 is 0. The molecule has 0 radical (unpaired) electrons. The fourth-order valence-electron chi connectivity index (χ4n) is 1.62. The highest BCUT2D eigenvalue weighted by atomic mass is 79.9. The smallest absolute Gasteiger partial charge is 0.181 e. The van der Waals surface area contributed by atoms with E-state index in [1.807, 2.05) is 43.3 Å². The number of rotatable bonds is 4. The van der Waals surface area contributed by atoms with Crippen LogP contribution in [0.4, 0.5) is 5.69 Å². The van der Waals surface area contributed by atoms with Gasteiger partial charge in [-0.2, -0.15) is 0 Å². The summed E-state index contributed by atoms with van der Waals surface area (Å²) in [4.78, 5) is 11.9. The Hall–Kier alpha value is -1.32. The third kappa shape index (κ3) is 4.69. The van der Waals surface area contributed by atoms with E-state index in [-0.39, 0.29) is 29.3 Å². The van der Waals surface area contributed by atoms with Crippen LogP contribution >= 0.6 is 11.6 Å². The van der Waals surface area contributed by atoms with Crippen molar-refractivity contribution in [3.8, 4) is 0 Å². The molecule has 0 amide bonds. The third-order valence-electron chi connectivity index (χ3n) is 2.65. The van der Waals surface area contributed by atoms with E-state index in [9.17, 15) is 4.79 Å². The lowest BCUT2D eigenvalue weighted by Crippen LogP contribution is -3.00. The zero-order valence-corrected chi connectivity index (χ0v) is 12.8. The van der Waals surface area contributed by atoms with Crippen LogP contribution in [0.15, 0.2) is 48.5 Å². The highest BCUT2D eigenvalue weighted by Crippen LogP contribution is 2.15. The number of aryl methyl sites for hydroxylation is 1. The van der Waals surface area contributed by atoms with Crippen molar-refractivity contribution in [3.05, 3.63) is 64.7 Å². The topological polar surface area (TPSA) is 29.1 Å². The second kappa shape index (κ2) is 7.31. The summed E-state index contributed by atoms with van der Waals surface area (Å²) >= 11 is 5.87. The first-order chi connectivity index (χ1) is 8.65. The quantitative estimate of drug-likeness (QED) is 0.840. The molecule has 0 unspecified atom stereocenters. The van der Waals surface area contributed by atoms with Gasteiger partial charge < -0.3 is 22.3 Å². The molecule has 0 bridgehead atoms. The van der Waals surface area contributed by atoms with E-state index in [0.29, 0.717) is 5.02 Å². The van der Waals surface area contributed by atoms with Gasteiger partial charge >= 0.3 is 0 Å². The fraction of sp³-hybridized carbons (Fsp3) is 0.133. The molecular formula is C15H14BrClNO-. The van der Waals surface area contributed by atoms with Gasteiger partial charge in [0.15, 0.2) is 5.78 Å². The van der Waals surface area contributed by atoms with Gasteiger partial charge in [-0.05, 0) is 25.1 Å². The number of nitrogens with one attached hydrogen (secondary N) is 1. The Balaban J connectivity index is 0.00000180. The van der Waals surface area contributed by atoms with Crippen molar-refractivity contribution in [2.45, 2.75) is 6.92 Å². The number of halogens is 2. The molecule has 0 fully saturated rings. The summed E-state index contributed by atoms with van der Waals surface area (Å²) in [7, 11) is 0. The molecule has 0 aliphatic rings. The Bertz CT molecular complexity index is 554. The number of benzene rings is 2. The first-order valence-corrected chi connectivity index (χ1v) is 6.12. The lowest BCUT2D eigenvalue weighted by atomic mass is 10.1. The predicted octanol–water partition coefficient (Wildman–Crippen LogP) is 0.947. The minimum atomic E-state index is 0. The predicted molar refractivity (Wildman–Crippen MR) is 75.5 cm³/mol. The van der Waals surface area contributed by atoms with Crippen molar-refractivity contribution in [3.63, 3.8) is 0 Å². The van der Waals surface area contributed by atoms with Gasteiger partial charge in [-0.25, -0.2) is 0 Å². The second-order valence-electron chi connectivity index (χ2n) is 4.15. The van der Waals surface area contributed by atoms with Crippen LogP contribution in [0.25, 0.3) is 0 Å². The highest BCUT2D eigenvalue weighted by Gasteiger charge is 2.04. The van der Waals surface area contributed by atoms with Gasteiger partial charge in [0.2, 0.25) is 0 Å². The average molecular weight is 340 g/mol. The molecule has 0 aliphatic heterocycles. The number of carbonyl (C=O) groups excluding carboxylic acids is 1. The van der Waals surface area contributed by atoms with E-state index in [1.54, 1.807) is 12.1 Å². The summed E-state index contributed by atoms with van der Waals surface area (Å²) in [5, 5.41) is 3.72. The van der Waals surface area contributed by atoms with Crippen molar-refractivity contribution < 1.29 is 21.8 Å². The second-order valence-corrected chi connectivity index (χ2v) is 4.59. The maximum absolute atomic E-state index is 11.9. The normalized spacial score (nSPS) is 9.58. The monoisotopic (exact) mass is 338 g/mol. The van der Waals surface area contributed by atoms with Crippen LogP contribution in [0.1, 0.15) is 15.9 Å². The van der Waals surface area contributed by atoms with E-state index in [4.69, 9.17) is 11.6 Å². The fourth-order valence-corrected chi connectivity index (χ4v) is 1.81. The molecule has 2 rings (SSSR count). The summed E-state index contributed by atoms with van der Waals surface area (Å²) in [6, 6.07) is 14.9. The minimum Gasteiger partial charge on any atom is -1.00 e. The lowest BCUT2D eigenvalue weighted by Gasteiger charge is -2.06. The van der Waals surface area contributed by atoms with Gasteiger partial charge in [0, 0.05) is 16.3 Å². The van der Waals surface area contributed by atoms with Crippen LogP contribution in [0, 0.1) is 6.92 Å². The molecule has 100 valence electrons. The maximum Gasteiger partial charge on any atom is 0.181 e. The maximum atomic E-state index is 11.9. The summed E-state index contributed by atoms with van der Waals surface area (Å²) in [5.74, 6) is 0.0648. The number of hydrogen-bond acceptors (Lipinski definition) is 2. The zero-order valence-electron chi connectivity index (χ0n) is 10.5. The summed E-state index contributed by atoms with van der Waals surface area (Å²) in [6.07, 6.45) is 0. The van der Waals surface area contributed by atoms with Crippen LogP contribution in [0.3, 0.4) is 0 Å². The summed E-state index contributed by atoms with van der Waals surface area (Å²) in [6.45, 7) is 2.27.